The van der Waals surface area contributed by atoms with E-state index in [4.69, 9.17) is 0 Å². The van der Waals surface area contributed by atoms with Crippen LogP contribution >= 0.6 is 0 Å². The monoisotopic (exact) mass is 320 g/mol. The van der Waals surface area contributed by atoms with Gasteiger partial charge in [-0.05, 0) is 31.9 Å². The first-order chi connectivity index (χ1) is 10.5. The van der Waals surface area contributed by atoms with Gasteiger partial charge >= 0.3 is 0 Å². The average molecular weight is 320 g/mol. The quantitative estimate of drug-likeness (QED) is 0.863. The van der Waals surface area contributed by atoms with E-state index in [0.29, 0.717) is 18.0 Å². The molecular formula is C15H20N4O2S. The highest BCUT2D eigenvalue weighted by molar-refractivity contribution is 7.89. The van der Waals surface area contributed by atoms with Crippen molar-refractivity contribution in [1.82, 2.24) is 19.1 Å². The van der Waals surface area contributed by atoms with Crippen LogP contribution in [0.5, 0.6) is 0 Å². The van der Waals surface area contributed by atoms with E-state index < -0.39 is 10.0 Å². The first-order valence-electron chi connectivity index (χ1n) is 7.39. The van der Waals surface area contributed by atoms with E-state index in [2.05, 4.69) is 10.2 Å². The second kappa shape index (κ2) is 5.81. The number of hydrogen-bond donors (Lipinski definition) is 0. The van der Waals surface area contributed by atoms with Gasteiger partial charge in [-0.15, -0.1) is 10.2 Å². The summed E-state index contributed by atoms with van der Waals surface area (Å²) in [5, 5.41) is 8.04. The average Bonchev–Trinajstić information content (AvgIpc) is 2.94. The molecule has 0 saturated carbocycles. The Morgan fingerprint density at radius 3 is 2.32 bits per heavy atom. The number of benzene rings is 1. The molecular weight excluding hydrogens is 300 g/mol. The molecule has 7 heteroatoms. The normalized spacial score (nSPS) is 17.7. The number of rotatable bonds is 3. The molecule has 0 atom stereocenters. The fourth-order valence-electron chi connectivity index (χ4n) is 2.88. The lowest BCUT2D eigenvalue weighted by molar-refractivity contribution is 0.310. The smallest absolute Gasteiger partial charge is 0.243 e. The van der Waals surface area contributed by atoms with Gasteiger partial charge in [-0.2, -0.15) is 4.31 Å². The van der Waals surface area contributed by atoms with Crippen LogP contribution in [0.3, 0.4) is 0 Å². The second-order valence-corrected chi connectivity index (χ2v) is 7.73. The molecule has 1 aromatic heterocycles. The fraction of sp³-hybridized carbons (Fsp3) is 0.467. The van der Waals surface area contributed by atoms with Crippen LogP contribution in [0.4, 0.5) is 0 Å². The van der Waals surface area contributed by atoms with Gasteiger partial charge in [-0.1, -0.05) is 17.7 Å². The van der Waals surface area contributed by atoms with Crippen molar-refractivity contribution in [3.63, 3.8) is 0 Å². The summed E-state index contributed by atoms with van der Waals surface area (Å²) in [6.45, 7) is 2.99. The Kier molecular flexibility index (Phi) is 4.01. The van der Waals surface area contributed by atoms with Gasteiger partial charge in [0.25, 0.3) is 0 Å². The lowest BCUT2D eigenvalue weighted by Crippen LogP contribution is -2.38. The summed E-state index contributed by atoms with van der Waals surface area (Å²) in [6, 6.07) is 7.03. The van der Waals surface area contributed by atoms with Crippen LogP contribution in [-0.2, 0) is 17.1 Å². The molecule has 0 N–H and O–H groups in total. The molecule has 6 nitrogen and oxygen atoms in total. The third-order valence-electron chi connectivity index (χ3n) is 4.22. The zero-order valence-electron chi connectivity index (χ0n) is 12.8. The predicted molar refractivity (Wildman–Crippen MR) is 82.9 cm³/mol. The van der Waals surface area contributed by atoms with Crippen LogP contribution in [0.15, 0.2) is 35.5 Å². The molecule has 0 aliphatic carbocycles. The molecule has 118 valence electrons. The van der Waals surface area contributed by atoms with E-state index in [9.17, 15) is 8.42 Å². The van der Waals surface area contributed by atoms with Crippen LogP contribution < -0.4 is 0 Å². The maximum absolute atomic E-state index is 12.7. The number of aryl methyl sites for hydroxylation is 2. The molecule has 22 heavy (non-hydrogen) atoms. The number of aromatic nitrogens is 3. The molecule has 0 radical (unpaired) electrons. The highest BCUT2D eigenvalue weighted by Crippen LogP contribution is 2.29. The number of piperidine rings is 1. The van der Waals surface area contributed by atoms with Gasteiger partial charge in [-0.25, -0.2) is 8.42 Å². The minimum atomic E-state index is -3.39. The summed E-state index contributed by atoms with van der Waals surface area (Å²) < 4.78 is 28.8. The van der Waals surface area contributed by atoms with Crippen molar-refractivity contribution < 1.29 is 8.42 Å². The molecule has 1 aromatic carbocycles. The van der Waals surface area contributed by atoms with E-state index in [1.807, 2.05) is 30.7 Å². The summed E-state index contributed by atoms with van der Waals surface area (Å²) >= 11 is 0. The Morgan fingerprint density at radius 1 is 1.14 bits per heavy atom. The van der Waals surface area contributed by atoms with E-state index >= 15 is 0 Å². The predicted octanol–water partition coefficient (Wildman–Crippen LogP) is 1.69. The van der Waals surface area contributed by atoms with Crippen molar-refractivity contribution in [1.29, 1.82) is 0 Å². The van der Waals surface area contributed by atoms with E-state index in [1.54, 1.807) is 22.8 Å². The summed E-state index contributed by atoms with van der Waals surface area (Å²) in [7, 11) is -1.47. The molecule has 0 bridgehead atoms. The number of nitrogens with zero attached hydrogens (tertiary/aromatic N) is 4. The lowest BCUT2D eigenvalue weighted by Gasteiger charge is -2.30. The van der Waals surface area contributed by atoms with Crippen molar-refractivity contribution in [3.05, 3.63) is 42.0 Å². The first-order valence-corrected chi connectivity index (χ1v) is 8.83. The largest absolute Gasteiger partial charge is 0.320 e. The maximum atomic E-state index is 12.7. The summed E-state index contributed by atoms with van der Waals surface area (Å²) in [4.78, 5) is 0.371. The van der Waals surface area contributed by atoms with Crippen molar-refractivity contribution >= 4 is 10.0 Å². The first kappa shape index (κ1) is 15.2. The van der Waals surface area contributed by atoms with Crippen LogP contribution in [0.25, 0.3) is 0 Å². The van der Waals surface area contributed by atoms with E-state index in [0.717, 1.165) is 24.2 Å². The minimum absolute atomic E-state index is 0.275. The minimum Gasteiger partial charge on any atom is -0.320 e. The Morgan fingerprint density at radius 2 is 1.77 bits per heavy atom. The molecule has 0 unspecified atom stereocenters. The molecule has 3 rings (SSSR count). The van der Waals surface area contributed by atoms with E-state index in [-0.39, 0.29) is 5.92 Å². The molecule has 1 fully saturated rings. The standard InChI is InChI=1S/C15H20N4O2S/c1-12-3-5-14(6-4-12)22(20,21)19-9-7-13(8-10-19)15-17-16-11-18(15)2/h3-6,11,13H,7-10H2,1-2H3. The van der Waals surface area contributed by atoms with Crippen LogP contribution in [-0.4, -0.2) is 40.6 Å². The molecule has 1 saturated heterocycles. The molecule has 2 heterocycles. The lowest BCUT2D eigenvalue weighted by atomic mass is 9.97. The maximum Gasteiger partial charge on any atom is 0.243 e. The zero-order chi connectivity index (χ0) is 15.7. The van der Waals surface area contributed by atoms with Gasteiger partial charge in [0, 0.05) is 26.1 Å². The van der Waals surface area contributed by atoms with Crippen molar-refractivity contribution in [3.8, 4) is 0 Å². The van der Waals surface area contributed by atoms with Crippen molar-refractivity contribution in [2.24, 2.45) is 7.05 Å². The van der Waals surface area contributed by atoms with Gasteiger partial charge < -0.3 is 4.57 Å². The highest BCUT2D eigenvalue weighted by atomic mass is 32.2. The Bertz CT molecular complexity index is 744. The van der Waals surface area contributed by atoms with Gasteiger partial charge in [0.2, 0.25) is 10.0 Å². The van der Waals surface area contributed by atoms with Crippen LogP contribution in [0.1, 0.15) is 30.1 Å². The summed E-state index contributed by atoms with van der Waals surface area (Å²) in [5.74, 6) is 1.21. The molecule has 1 aliphatic heterocycles. The Labute approximate surface area is 130 Å². The number of hydrogen-bond acceptors (Lipinski definition) is 4. The van der Waals surface area contributed by atoms with Crippen molar-refractivity contribution in [2.75, 3.05) is 13.1 Å². The van der Waals surface area contributed by atoms with Gasteiger partial charge in [0.05, 0.1) is 4.90 Å². The number of sulfonamides is 1. The van der Waals surface area contributed by atoms with Gasteiger partial charge in [0.15, 0.2) is 0 Å². The van der Waals surface area contributed by atoms with Crippen LogP contribution in [0, 0.1) is 6.92 Å². The summed E-state index contributed by atoms with van der Waals surface area (Å²) in [5.41, 5.74) is 1.06. The summed E-state index contributed by atoms with van der Waals surface area (Å²) in [6.07, 6.45) is 3.24. The SMILES string of the molecule is Cc1ccc(S(=O)(=O)N2CCC(c3nncn3C)CC2)cc1. The van der Waals surface area contributed by atoms with E-state index in [1.165, 1.54) is 0 Å². The van der Waals surface area contributed by atoms with Crippen molar-refractivity contribution in [2.45, 2.75) is 30.6 Å². The second-order valence-electron chi connectivity index (χ2n) is 5.79. The molecule has 1 aliphatic rings. The zero-order valence-corrected chi connectivity index (χ0v) is 13.6. The Hall–Kier alpha value is -1.73. The van der Waals surface area contributed by atoms with Gasteiger partial charge in [-0.3, -0.25) is 0 Å². The third kappa shape index (κ3) is 2.78. The molecule has 0 amide bonds. The van der Waals surface area contributed by atoms with Gasteiger partial charge in [0.1, 0.15) is 12.2 Å². The molecule has 0 spiro atoms. The molecule has 2 aromatic rings. The topological polar surface area (TPSA) is 68.1 Å². The van der Waals surface area contributed by atoms with Crippen LogP contribution in [0.2, 0.25) is 0 Å². The Balaban J connectivity index is 1.73. The fourth-order valence-corrected chi connectivity index (χ4v) is 4.35. The third-order valence-corrected chi connectivity index (χ3v) is 6.14. The highest BCUT2D eigenvalue weighted by Gasteiger charge is 2.31.